The Kier molecular flexibility index (Phi) is 4.58. The first-order chi connectivity index (χ1) is 10.3. The first kappa shape index (κ1) is 14.6. The Labute approximate surface area is 139 Å². The molecule has 0 bridgehead atoms. The van der Waals surface area contributed by atoms with Crippen LogP contribution in [0.2, 0.25) is 0 Å². The van der Waals surface area contributed by atoms with Crippen LogP contribution in [0.15, 0.2) is 60.7 Å². The normalized spacial score (nSPS) is 21.8. The Bertz CT molecular complexity index is 599. The number of likely N-dealkylation sites (tertiary alicyclic amines) is 1. The summed E-state index contributed by atoms with van der Waals surface area (Å²) >= 11 is 2.39. The number of carbonyl (C=O) groups excluding carboxylic acids is 1. The van der Waals surface area contributed by atoms with Crippen molar-refractivity contribution in [1.29, 1.82) is 0 Å². The molecule has 3 rings (SSSR count). The van der Waals surface area contributed by atoms with E-state index in [1.54, 1.807) is 0 Å². The van der Waals surface area contributed by atoms with E-state index in [0.29, 0.717) is 6.04 Å². The molecule has 3 heteroatoms. The third-order valence-electron chi connectivity index (χ3n) is 4.11. The second kappa shape index (κ2) is 6.60. The van der Waals surface area contributed by atoms with Crippen molar-refractivity contribution < 1.29 is 4.79 Å². The molecule has 2 atom stereocenters. The van der Waals surface area contributed by atoms with E-state index < -0.39 is 0 Å². The van der Waals surface area contributed by atoms with Gasteiger partial charge in [0.1, 0.15) is 0 Å². The standard InChI is InChI=1S/C18H18INO/c19-12-16-11-17(15-9-5-2-6-10-15)18(21)20(16)13-14-7-3-1-4-8-14/h1-10,16-17H,11-13H2/t16-,17+/m1/s1. The molecule has 1 heterocycles. The number of nitrogens with zero attached hydrogens (tertiary/aromatic N) is 1. The van der Waals surface area contributed by atoms with Crippen molar-refractivity contribution in [2.45, 2.75) is 24.9 Å². The van der Waals surface area contributed by atoms with Gasteiger partial charge in [-0.15, -0.1) is 0 Å². The van der Waals surface area contributed by atoms with Gasteiger partial charge in [-0.2, -0.15) is 0 Å². The van der Waals surface area contributed by atoms with Crippen molar-refractivity contribution in [1.82, 2.24) is 4.90 Å². The van der Waals surface area contributed by atoms with Crippen LogP contribution in [0.5, 0.6) is 0 Å². The van der Waals surface area contributed by atoms with Gasteiger partial charge in [-0.25, -0.2) is 0 Å². The van der Waals surface area contributed by atoms with Gasteiger partial charge in [0.25, 0.3) is 0 Å². The van der Waals surface area contributed by atoms with E-state index in [2.05, 4.69) is 51.8 Å². The quantitative estimate of drug-likeness (QED) is 0.570. The van der Waals surface area contributed by atoms with Gasteiger partial charge in [-0.3, -0.25) is 4.79 Å². The van der Waals surface area contributed by atoms with E-state index in [4.69, 9.17) is 0 Å². The molecule has 0 N–H and O–H groups in total. The van der Waals surface area contributed by atoms with Crippen LogP contribution in [0.3, 0.4) is 0 Å². The fraction of sp³-hybridized carbons (Fsp3) is 0.278. The monoisotopic (exact) mass is 391 g/mol. The lowest BCUT2D eigenvalue weighted by Gasteiger charge is -2.23. The zero-order valence-electron chi connectivity index (χ0n) is 11.8. The predicted molar refractivity (Wildman–Crippen MR) is 93.5 cm³/mol. The molecule has 21 heavy (non-hydrogen) atoms. The molecule has 0 spiro atoms. The van der Waals surface area contributed by atoms with Crippen molar-refractivity contribution in [2.75, 3.05) is 4.43 Å². The van der Waals surface area contributed by atoms with Crippen LogP contribution in [-0.2, 0) is 11.3 Å². The average Bonchev–Trinajstić information content (AvgIpc) is 2.86. The number of halogens is 1. The Hall–Kier alpha value is -1.36. The van der Waals surface area contributed by atoms with Crippen LogP contribution in [-0.4, -0.2) is 21.3 Å². The van der Waals surface area contributed by atoms with Gasteiger partial charge in [0.15, 0.2) is 0 Å². The molecule has 108 valence electrons. The second-order valence-corrected chi connectivity index (χ2v) is 6.34. The van der Waals surface area contributed by atoms with E-state index in [9.17, 15) is 4.79 Å². The fourth-order valence-corrected chi connectivity index (χ4v) is 3.81. The highest BCUT2D eigenvalue weighted by molar-refractivity contribution is 14.1. The maximum Gasteiger partial charge on any atom is 0.230 e. The average molecular weight is 391 g/mol. The van der Waals surface area contributed by atoms with Crippen molar-refractivity contribution >= 4 is 28.5 Å². The SMILES string of the molecule is O=C1[C@H](c2ccccc2)C[C@H](CI)N1Cc1ccccc1. The third-order valence-corrected chi connectivity index (χ3v) is 5.12. The summed E-state index contributed by atoms with van der Waals surface area (Å²) in [6, 6.07) is 20.8. The maximum absolute atomic E-state index is 12.8. The van der Waals surface area contributed by atoms with E-state index in [1.807, 2.05) is 36.4 Å². The molecular weight excluding hydrogens is 373 g/mol. The summed E-state index contributed by atoms with van der Waals surface area (Å²) in [5, 5.41) is 0. The Morgan fingerprint density at radius 2 is 1.62 bits per heavy atom. The highest BCUT2D eigenvalue weighted by Gasteiger charge is 2.39. The van der Waals surface area contributed by atoms with Crippen molar-refractivity contribution in [2.24, 2.45) is 0 Å². The van der Waals surface area contributed by atoms with Gasteiger partial charge in [-0.05, 0) is 17.5 Å². The smallest absolute Gasteiger partial charge is 0.230 e. The van der Waals surface area contributed by atoms with E-state index in [1.165, 1.54) is 5.56 Å². The zero-order valence-corrected chi connectivity index (χ0v) is 13.9. The Morgan fingerprint density at radius 3 is 2.24 bits per heavy atom. The summed E-state index contributed by atoms with van der Waals surface area (Å²) in [5.74, 6) is 0.293. The second-order valence-electron chi connectivity index (χ2n) is 5.46. The van der Waals surface area contributed by atoms with Crippen LogP contribution in [0.25, 0.3) is 0 Å². The van der Waals surface area contributed by atoms with Crippen LogP contribution in [0, 0.1) is 0 Å². The van der Waals surface area contributed by atoms with Crippen LogP contribution in [0.1, 0.15) is 23.5 Å². The molecule has 0 saturated carbocycles. The molecule has 0 unspecified atom stereocenters. The molecule has 0 radical (unpaired) electrons. The first-order valence-corrected chi connectivity index (χ1v) is 8.77. The van der Waals surface area contributed by atoms with E-state index >= 15 is 0 Å². The van der Waals surface area contributed by atoms with Crippen molar-refractivity contribution in [3.63, 3.8) is 0 Å². The summed E-state index contributed by atoms with van der Waals surface area (Å²) in [6.07, 6.45) is 0.929. The van der Waals surface area contributed by atoms with Crippen LogP contribution < -0.4 is 0 Å². The number of amides is 1. The summed E-state index contributed by atoms with van der Waals surface area (Å²) in [4.78, 5) is 14.9. The third kappa shape index (κ3) is 3.12. The molecule has 2 aromatic rings. The van der Waals surface area contributed by atoms with Crippen molar-refractivity contribution in [3.8, 4) is 0 Å². The summed E-state index contributed by atoms with van der Waals surface area (Å²) in [7, 11) is 0. The number of benzene rings is 2. The van der Waals surface area contributed by atoms with E-state index in [0.717, 1.165) is 23.0 Å². The number of carbonyl (C=O) groups is 1. The molecule has 2 aromatic carbocycles. The van der Waals surface area contributed by atoms with Gasteiger partial charge >= 0.3 is 0 Å². The van der Waals surface area contributed by atoms with Gasteiger partial charge < -0.3 is 4.90 Å². The van der Waals surface area contributed by atoms with Gasteiger partial charge in [0.2, 0.25) is 5.91 Å². The largest absolute Gasteiger partial charge is 0.334 e. The molecule has 2 nitrogen and oxygen atoms in total. The highest BCUT2D eigenvalue weighted by atomic mass is 127. The molecule has 0 aliphatic carbocycles. The molecule has 0 aromatic heterocycles. The van der Waals surface area contributed by atoms with Gasteiger partial charge in [-0.1, -0.05) is 83.3 Å². The molecule has 1 saturated heterocycles. The summed E-state index contributed by atoms with van der Waals surface area (Å²) in [6.45, 7) is 0.719. The lowest BCUT2D eigenvalue weighted by atomic mass is 9.96. The summed E-state index contributed by atoms with van der Waals surface area (Å²) in [5.41, 5.74) is 2.35. The molecular formula is C18H18INO. The minimum absolute atomic E-state index is 0.0229. The first-order valence-electron chi connectivity index (χ1n) is 7.25. The minimum atomic E-state index is 0.0229. The number of hydrogen-bond donors (Lipinski definition) is 0. The highest BCUT2D eigenvalue weighted by Crippen LogP contribution is 2.34. The topological polar surface area (TPSA) is 20.3 Å². The predicted octanol–water partition coefficient (Wildman–Crippen LogP) is 4.01. The lowest BCUT2D eigenvalue weighted by Crippen LogP contribution is -2.34. The number of alkyl halides is 1. The molecule has 1 amide bonds. The minimum Gasteiger partial charge on any atom is -0.334 e. The van der Waals surface area contributed by atoms with Gasteiger partial charge in [0.05, 0.1) is 5.92 Å². The van der Waals surface area contributed by atoms with Crippen LogP contribution in [0.4, 0.5) is 0 Å². The maximum atomic E-state index is 12.8. The molecule has 1 aliphatic rings. The lowest BCUT2D eigenvalue weighted by molar-refractivity contribution is -0.130. The number of rotatable bonds is 4. The molecule has 1 fully saturated rings. The Balaban J connectivity index is 1.82. The zero-order chi connectivity index (χ0) is 14.7. The molecule has 1 aliphatic heterocycles. The van der Waals surface area contributed by atoms with Crippen LogP contribution >= 0.6 is 22.6 Å². The summed E-state index contributed by atoms with van der Waals surface area (Å²) < 4.78 is 0.986. The van der Waals surface area contributed by atoms with Crippen molar-refractivity contribution in [3.05, 3.63) is 71.8 Å². The Morgan fingerprint density at radius 1 is 1.00 bits per heavy atom. The number of hydrogen-bond acceptors (Lipinski definition) is 1. The van der Waals surface area contributed by atoms with E-state index in [-0.39, 0.29) is 11.8 Å². The van der Waals surface area contributed by atoms with Gasteiger partial charge in [0, 0.05) is 17.0 Å². The fourth-order valence-electron chi connectivity index (χ4n) is 2.98.